The van der Waals surface area contributed by atoms with Crippen LogP contribution >= 0.6 is 11.6 Å². The lowest BCUT2D eigenvalue weighted by Crippen LogP contribution is -2.09. The van der Waals surface area contributed by atoms with Crippen molar-refractivity contribution in [1.82, 2.24) is 9.97 Å². The second-order valence-corrected chi connectivity index (χ2v) is 6.12. The van der Waals surface area contributed by atoms with Gasteiger partial charge in [-0.2, -0.15) is 13.2 Å². The van der Waals surface area contributed by atoms with Gasteiger partial charge in [0.25, 0.3) is 0 Å². The zero-order chi connectivity index (χ0) is 19.4. The van der Waals surface area contributed by atoms with Crippen LogP contribution in [-0.2, 0) is 12.6 Å². The molecule has 2 aromatic heterocycles. The number of alkyl halides is 3. The van der Waals surface area contributed by atoms with E-state index in [1.807, 2.05) is 0 Å². The molecule has 3 aromatic rings. The van der Waals surface area contributed by atoms with Crippen molar-refractivity contribution in [3.63, 3.8) is 0 Å². The topological polar surface area (TPSA) is 54.9 Å². The van der Waals surface area contributed by atoms with Crippen LogP contribution in [0.5, 0.6) is 0 Å². The monoisotopic (exact) mass is 391 g/mol. The lowest BCUT2D eigenvalue weighted by atomic mass is 10.1. The summed E-state index contributed by atoms with van der Waals surface area (Å²) in [7, 11) is 0. The molecule has 0 radical (unpaired) electrons. The number of hydrogen-bond donors (Lipinski definition) is 1. The van der Waals surface area contributed by atoms with Gasteiger partial charge in [-0.3, -0.25) is 9.78 Å². The van der Waals surface area contributed by atoms with Crippen LogP contribution in [-0.4, -0.2) is 15.8 Å². The number of halogens is 4. The summed E-state index contributed by atoms with van der Waals surface area (Å²) >= 11 is 5.76. The smallest absolute Gasteiger partial charge is 0.340 e. The summed E-state index contributed by atoms with van der Waals surface area (Å²) in [6.07, 6.45) is -2.95. The molecule has 0 aliphatic carbocycles. The number of aromatic nitrogens is 2. The maximum atomic E-state index is 12.8. The Kier molecular flexibility index (Phi) is 5.41. The molecule has 0 spiro atoms. The molecule has 1 N–H and O–H groups in total. The molecule has 0 aliphatic heterocycles. The van der Waals surface area contributed by atoms with Crippen LogP contribution in [0.2, 0.25) is 5.02 Å². The number of nitrogens with zero attached hydrogens (tertiary/aromatic N) is 2. The predicted molar refractivity (Wildman–Crippen MR) is 96.2 cm³/mol. The Morgan fingerprint density at radius 3 is 2.56 bits per heavy atom. The van der Waals surface area contributed by atoms with Gasteiger partial charge < -0.3 is 5.32 Å². The molecule has 0 amide bonds. The maximum absolute atomic E-state index is 12.8. The fourth-order valence-corrected chi connectivity index (χ4v) is 2.46. The maximum Gasteiger partial charge on any atom is 0.416 e. The summed E-state index contributed by atoms with van der Waals surface area (Å²) in [4.78, 5) is 20.6. The van der Waals surface area contributed by atoms with Crippen LogP contribution in [0, 0.1) is 0 Å². The summed E-state index contributed by atoms with van der Waals surface area (Å²) < 4.78 is 38.4. The Bertz CT molecular complexity index is 959. The quantitative estimate of drug-likeness (QED) is 0.598. The highest BCUT2D eigenvalue weighted by Gasteiger charge is 2.30. The third-order valence-corrected chi connectivity index (χ3v) is 3.85. The third-order valence-electron chi connectivity index (χ3n) is 3.63. The van der Waals surface area contributed by atoms with Gasteiger partial charge in [0.05, 0.1) is 17.0 Å². The van der Waals surface area contributed by atoms with Crippen molar-refractivity contribution in [1.29, 1.82) is 0 Å². The summed E-state index contributed by atoms with van der Waals surface area (Å²) in [6, 6.07) is 12.7. The SMILES string of the molecule is O=C(Cc1ccc(Cl)cn1)c1cccc(Nc2cccc(C(F)(F)F)c2)n1. The van der Waals surface area contributed by atoms with Crippen molar-refractivity contribution in [2.24, 2.45) is 0 Å². The van der Waals surface area contributed by atoms with Crippen LogP contribution in [0.15, 0.2) is 60.8 Å². The van der Waals surface area contributed by atoms with Crippen LogP contribution < -0.4 is 5.32 Å². The minimum atomic E-state index is -4.44. The van der Waals surface area contributed by atoms with E-state index in [0.29, 0.717) is 10.7 Å². The number of benzene rings is 1. The molecule has 0 aliphatic rings. The summed E-state index contributed by atoms with van der Waals surface area (Å²) in [5.41, 5.74) is 0.181. The fourth-order valence-electron chi connectivity index (χ4n) is 2.35. The van der Waals surface area contributed by atoms with Crippen LogP contribution in [0.3, 0.4) is 0 Å². The van der Waals surface area contributed by atoms with E-state index in [0.717, 1.165) is 12.1 Å². The van der Waals surface area contributed by atoms with Crippen LogP contribution in [0.25, 0.3) is 0 Å². The van der Waals surface area contributed by atoms with E-state index >= 15 is 0 Å². The molecule has 0 bridgehead atoms. The number of carbonyl (C=O) groups excluding carboxylic acids is 1. The van der Waals surface area contributed by atoms with Crippen LogP contribution in [0.4, 0.5) is 24.7 Å². The number of nitrogens with one attached hydrogen (secondary N) is 1. The number of Topliss-reactive ketones (excluding diaryl/α,β-unsaturated/α-hetero) is 1. The molecular formula is C19H13ClF3N3O. The average Bonchev–Trinajstić information content (AvgIpc) is 2.63. The highest BCUT2D eigenvalue weighted by molar-refractivity contribution is 6.30. The number of carbonyl (C=O) groups is 1. The summed E-state index contributed by atoms with van der Waals surface area (Å²) in [5.74, 6) is 0.00162. The molecule has 27 heavy (non-hydrogen) atoms. The Labute approximate surface area is 158 Å². The Morgan fingerprint density at radius 2 is 1.85 bits per heavy atom. The number of pyridine rings is 2. The molecule has 0 saturated carbocycles. The largest absolute Gasteiger partial charge is 0.416 e. The van der Waals surface area contributed by atoms with E-state index < -0.39 is 11.7 Å². The van der Waals surface area contributed by atoms with Gasteiger partial charge in [-0.25, -0.2) is 4.98 Å². The van der Waals surface area contributed by atoms with Gasteiger partial charge in [0, 0.05) is 17.6 Å². The van der Waals surface area contributed by atoms with E-state index in [-0.39, 0.29) is 29.4 Å². The highest BCUT2D eigenvalue weighted by Crippen LogP contribution is 2.31. The van der Waals surface area contributed by atoms with Gasteiger partial charge >= 0.3 is 6.18 Å². The molecule has 0 fully saturated rings. The second kappa shape index (κ2) is 7.75. The van der Waals surface area contributed by atoms with E-state index in [4.69, 9.17) is 11.6 Å². The number of rotatable bonds is 5. The molecule has 4 nitrogen and oxygen atoms in total. The van der Waals surface area contributed by atoms with Gasteiger partial charge in [0.2, 0.25) is 0 Å². The van der Waals surface area contributed by atoms with Crippen LogP contribution in [0.1, 0.15) is 21.7 Å². The Morgan fingerprint density at radius 1 is 1.07 bits per heavy atom. The first-order chi connectivity index (χ1) is 12.8. The van der Waals surface area contributed by atoms with Gasteiger partial charge in [-0.1, -0.05) is 23.7 Å². The second-order valence-electron chi connectivity index (χ2n) is 5.68. The molecule has 1 aromatic carbocycles. The lowest BCUT2D eigenvalue weighted by molar-refractivity contribution is -0.137. The first-order valence-electron chi connectivity index (χ1n) is 7.86. The molecule has 2 heterocycles. The van der Waals surface area contributed by atoms with Crippen molar-refractivity contribution in [3.8, 4) is 0 Å². The van der Waals surface area contributed by atoms with Gasteiger partial charge in [-0.05, 0) is 42.5 Å². The molecular weight excluding hydrogens is 379 g/mol. The zero-order valence-corrected chi connectivity index (χ0v) is 14.6. The van der Waals surface area contributed by atoms with E-state index in [9.17, 15) is 18.0 Å². The van der Waals surface area contributed by atoms with Gasteiger partial charge in [0.1, 0.15) is 11.5 Å². The standard InChI is InChI=1S/C19H13ClF3N3O/c20-13-7-8-14(24-11-13)10-17(27)16-5-2-6-18(26-16)25-15-4-1-3-12(9-15)19(21,22)23/h1-9,11H,10H2,(H,25,26). The normalized spacial score (nSPS) is 11.3. The molecule has 0 saturated heterocycles. The van der Waals surface area contributed by atoms with Crippen molar-refractivity contribution in [2.45, 2.75) is 12.6 Å². The summed E-state index contributed by atoms with van der Waals surface area (Å²) in [6.45, 7) is 0. The first kappa shape index (κ1) is 18.8. The average molecular weight is 392 g/mol. The fraction of sp³-hybridized carbons (Fsp3) is 0.105. The Hall–Kier alpha value is -2.93. The minimum Gasteiger partial charge on any atom is -0.340 e. The third kappa shape index (κ3) is 5.04. The molecule has 138 valence electrons. The molecule has 3 rings (SSSR count). The number of anilines is 2. The predicted octanol–water partition coefficient (Wildman–Crippen LogP) is 5.32. The number of hydrogen-bond acceptors (Lipinski definition) is 4. The minimum absolute atomic E-state index is 0.0389. The van der Waals surface area contributed by atoms with Crippen molar-refractivity contribution in [2.75, 3.05) is 5.32 Å². The molecule has 8 heteroatoms. The van der Waals surface area contributed by atoms with E-state index in [1.165, 1.54) is 24.4 Å². The Balaban J connectivity index is 1.75. The van der Waals surface area contributed by atoms with Crippen molar-refractivity contribution < 1.29 is 18.0 Å². The number of ketones is 1. The van der Waals surface area contributed by atoms with Gasteiger partial charge in [0.15, 0.2) is 5.78 Å². The highest BCUT2D eigenvalue weighted by atomic mass is 35.5. The molecule has 0 atom stereocenters. The van der Waals surface area contributed by atoms with E-state index in [2.05, 4.69) is 15.3 Å². The molecule has 0 unspecified atom stereocenters. The van der Waals surface area contributed by atoms with E-state index in [1.54, 1.807) is 24.3 Å². The zero-order valence-electron chi connectivity index (χ0n) is 13.8. The first-order valence-corrected chi connectivity index (χ1v) is 8.24. The van der Waals surface area contributed by atoms with Crippen molar-refractivity contribution in [3.05, 3.63) is 82.8 Å². The summed E-state index contributed by atoms with van der Waals surface area (Å²) in [5, 5.41) is 3.26. The van der Waals surface area contributed by atoms with Gasteiger partial charge in [-0.15, -0.1) is 0 Å². The lowest BCUT2D eigenvalue weighted by Gasteiger charge is -2.10. The van der Waals surface area contributed by atoms with Crippen molar-refractivity contribution >= 4 is 28.9 Å².